The van der Waals surface area contributed by atoms with Crippen molar-refractivity contribution in [1.29, 1.82) is 0 Å². The lowest BCUT2D eigenvalue weighted by atomic mass is 9.91. The fraction of sp³-hybridized carbons (Fsp3) is 0.405. The standard InChI is InChI=1S/C37H40Cl4O10/c1-20(2)26(18-28(44)34(38)39)36(46)50-30-13-9-22(15-32(30)48-5)7-11-24(42)17-25(43)12-8-23-10-14-31(33(16-23)49-6)51-37(47)27(21(3)4)19-29(45)35(40)41/h7-16,20-21,26-27,34-35H,17-19H2,1-6H3/b11-7+,12-8+/t26-,27-/m0/s1. The first-order chi connectivity index (χ1) is 24.0. The second-order valence-corrected chi connectivity index (χ2v) is 14.3. The van der Waals surface area contributed by atoms with Gasteiger partial charge in [-0.1, -0.05) is 98.4 Å². The number of esters is 2. The van der Waals surface area contributed by atoms with Gasteiger partial charge >= 0.3 is 11.9 Å². The third-order valence-corrected chi connectivity index (χ3v) is 8.59. The van der Waals surface area contributed by atoms with Crippen molar-refractivity contribution < 1.29 is 47.7 Å². The summed E-state index contributed by atoms with van der Waals surface area (Å²) >= 11 is 22.6. The molecule has 2 atom stereocenters. The van der Waals surface area contributed by atoms with Gasteiger partial charge in [0.05, 0.1) is 32.5 Å². The van der Waals surface area contributed by atoms with Crippen LogP contribution in [0.15, 0.2) is 48.6 Å². The van der Waals surface area contributed by atoms with Crippen LogP contribution in [0.5, 0.6) is 23.0 Å². The summed E-state index contributed by atoms with van der Waals surface area (Å²) in [7, 11) is 2.76. The van der Waals surface area contributed by atoms with Gasteiger partial charge in [0.2, 0.25) is 0 Å². The van der Waals surface area contributed by atoms with E-state index in [4.69, 9.17) is 65.4 Å². The number of hydrogen-bond donors (Lipinski definition) is 0. The van der Waals surface area contributed by atoms with Crippen LogP contribution in [-0.2, 0) is 28.8 Å². The number of allylic oxidation sites excluding steroid dienone is 2. The largest absolute Gasteiger partial charge is 0.493 e. The Balaban J connectivity index is 2.05. The number of carbonyl (C=O) groups excluding carboxylic acids is 6. The average Bonchev–Trinajstić information content (AvgIpc) is 3.07. The first kappa shape index (κ1) is 43.5. The highest BCUT2D eigenvalue weighted by Crippen LogP contribution is 2.32. The molecule has 0 saturated heterocycles. The van der Waals surface area contributed by atoms with Gasteiger partial charge in [-0.3, -0.25) is 28.8 Å². The zero-order valence-electron chi connectivity index (χ0n) is 29.0. The molecular weight excluding hydrogens is 746 g/mol. The lowest BCUT2D eigenvalue weighted by molar-refractivity contribution is -0.143. The molecule has 0 saturated carbocycles. The number of hydrogen-bond acceptors (Lipinski definition) is 10. The third kappa shape index (κ3) is 14.1. The van der Waals surface area contributed by atoms with Crippen LogP contribution in [0.2, 0.25) is 0 Å². The number of ketones is 4. The van der Waals surface area contributed by atoms with Crippen molar-refractivity contribution in [2.24, 2.45) is 23.7 Å². The molecule has 0 aliphatic heterocycles. The fourth-order valence-electron chi connectivity index (χ4n) is 4.57. The van der Waals surface area contributed by atoms with Crippen LogP contribution in [0.4, 0.5) is 0 Å². The van der Waals surface area contributed by atoms with Gasteiger partial charge in [-0.2, -0.15) is 0 Å². The second-order valence-electron chi connectivity index (χ2n) is 12.1. The molecule has 0 radical (unpaired) electrons. The van der Waals surface area contributed by atoms with Crippen molar-refractivity contribution in [1.82, 2.24) is 0 Å². The Hall–Kier alpha value is -3.70. The zero-order chi connectivity index (χ0) is 38.4. The molecule has 2 aromatic rings. The normalized spacial score (nSPS) is 12.8. The van der Waals surface area contributed by atoms with Gasteiger partial charge in [0, 0.05) is 12.8 Å². The van der Waals surface area contributed by atoms with E-state index in [-0.39, 0.29) is 47.7 Å². The number of ether oxygens (including phenoxy) is 4. The van der Waals surface area contributed by atoms with Crippen LogP contribution in [-0.4, -0.2) is 59.0 Å². The molecule has 0 spiro atoms. The summed E-state index contributed by atoms with van der Waals surface area (Å²) < 4.78 is 21.7. The molecule has 0 aliphatic rings. The minimum absolute atomic E-state index is 0.115. The number of methoxy groups -OCH3 is 2. The lowest BCUT2D eigenvalue weighted by Gasteiger charge is -2.19. The summed E-state index contributed by atoms with van der Waals surface area (Å²) in [6.07, 6.45) is 4.69. The van der Waals surface area contributed by atoms with Crippen LogP contribution in [0.1, 0.15) is 58.1 Å². The third-order valence-electron chi connectivity index (χ3n) is 7.61. The van der Waals surface area contributed by atoms with E-state index in [1.807, 2.05) is 0 Å². The van der Waals surface area contributed by atoms with Gasteiger partial charge in [0.1, 0.15) is 0 Å². The smallest absolute Gasteiger partial charge is 0.315 e. The highest BCUT2D eigenvalue weighted by atomic mass is 35.5. The van der Waals surface area contributed by atoms with Crippen LogP contribution < -0.4 is 18.9 Å². The molecule has 0 bridgehead atoms. The Morgan fingerprint density at radius 2 is 0.941 bits per heavy atom. The van der Waals surface area contributed by atoms with Gasteiger partial charge < -0.3 is 18.9 Å². The van der Waals surface area contributed by atoms with Crippen molar-refractivity contribution >= 4 is 93.6 Å². The van der Waals surface area contributed by atoms with Crippen LogP contribution in [0.25, 0.3) is 12.2 Å². The van der Waals surface area contributed by atoms with E-state index in [0.29, 0.717) is 11.1 Å². The Morgan fingerprint density at radius 1 is 0.588 bits per heavy atom. The predicted octanol–water partition coefficient (Wildman–Crippen LogP) is 7.84. The molecule has 0 heterocycles. The summed E-state index contributed by atoms with van der Waals surface area (Å²) in [6.45, 7) is 7.08. The maximum atomic E-state index is 12.8. The maximum absolute atomic E-state index is 12.8. The highest BCUT2D eigenvalue weighted by molar-refractivity contribution is 6.54. The SMILES string of the molecule is COc1cc(/C=C/C(=O)CC(=O)/C=C/c2ccc(OC(=O)[C@@H](CC(=O)C(Cl)Cl)C(C)C)c(OC)c2)ccc1OC(=O)[C@@H](CC(=O)C(Cl)Cl)C(C)C. The zero-order valence-corrected chi connectivity index (χ0v) is 32.0. The number of carbonyl (C=O) groups is 6. The number of halogens is 4. The molecule has 0 fully saturated rings. The molecule has 0 aliphatic carbocycles. The number of alkyl halides is 4. The monoisotopic (exact) mass is 784 g/mol. The number of Topliss-reactive ketones (excluding diaryl/α,β-unsaturated/α-hetero) is 2. The molecule has 2 aromatic carbocycles. The Kier molecular flexibility index (Phi) is 17.9. The second kappa shape index (κ2) is 21.0. The van der Waals surface area contributed by atoms with Crippen LogP contribution >= 0.6 is 46.4 Å². The topological polar surface area (TPSA) is 139 Å². The quantitative estimate of drug-likeness (QED) is 0.0429. The average molecular weight is 787 g/mol. The fourth-order valence-corrected chi connectivity index (χ4v) is 4.93. The highest BCUT2D eigenvalue weighted by Gasteiger charge is 2.31. The van der Waals surface area contributed by atoms with Crippen LogP contribution in [0, 0.1) is 23.7 Å². The molecule has 51 heavy (non-hydrogen) atoms. The van der Waals surface area contributed by atoms with E-state index < -0.39 is 63.0 Å². The van der Waals surface area contributed by atoms with E-state index in [9.17, 15) is 28.8 Å². The van der Waals surface area contributed by atoms with E-state index in [1.54, 1.807) is 52.0 Å². The van der Waals surface area contributed by atoms with Gasteiger partial charge in [-0.25, -0.2) is 0 Å². The Morgan fingerprint density at radius 3 is 1.24 bits per heavy atom. The molecule has 14 heteroatoms. The summed E-state index contributed by atoms with van der Waals surface area (Å²) in [5, 5.41) is 0. The molecule has 0 unspecified atom stereocenters. The van der Waals surface area contributed by atoms with Crippen molar-refractivity contribution in [2.45, 2.75) is 56.6 Å². The molecule has 10 nitrogen and oxygen atoms in total. The minimum Gasteiger partial charge on any atom is -0.493 e. The van der Waals surface area contributed by atoms with Gasteiger partial charge in [-0.05, 0) is 59.4 Å². The Labute approximate surface area is 317 Å². The molecule has 0 aromatic heterocycles. The summed E-state index contributed by atoms with van der Waals surface area (Å²) in [6, 6.07) is 9.24. The van der Waals surface area contributed by atoms with E-state index in [0.717, 1.165) is 0 Å². The summed E-state index contributed by atoms with van der Waals surface area (Å²) in [5.41, 5.74) is 1.07. The van der Waals surface area contributed by atoms with Crippen molar-refractivity contribution in [3.05, 3.63) is 59.7 Å². The maximum Gasteiger partial charge on any atom is 0.315 e. The van der Waals surface area contributed by atoms with Gasteiger partial charge in [0.25, 0.3) is 0 Å². The lowest BCUT2D eigenvalue weighted by Crippen LogP contribution is -2.29. The summed E-state index contributed by atoms with van der Waals surface area (Å²) in [4.78, 5) is 72.3. The molecule has 276 valence electrons. The number of rotatable bonds is 20. The predicted molar refractivity (Wildman–Crippen MR) is 197 cm³/mol. The molecule has 2 rings (SSSR count). The van der Waals surface area contributed by atoms with Crippen molar-refractivity contribution in [3.63, 3.8) is 0 Å². The van der Waals surface area contributed by atoms with E-state index in [2.05, 4.69) is 0 Å². The van der Waals surface area contributed by atoms with Crippen molar-refractivity contribution in [2.75, 3.05) is 14.2 Å². The molecular formula is C37H40Cl4O10. The minimum atomic E-state index is -1.25. The summed E-state index contributed by atoms with van der Waals surface area (Å²) in [5.74, 6) is -4.56. The van der Waals surface area contributed by atoms with Crippen LogP contribution in [0.3, 0.4) is 0 Å². The number of benzene rings is 2. The first-order valence-electron chi connectivity index (χ1n) is 15.8. The molecule has 0 N–H and O–H groups in total. The van der Waals surface area contributed by atoms with E-state index >= 15 is 0 Å². The first-order valence-corrected chi connectivity index (χ1v) is 17.5. The molecule has 0 amide bonds. The Bertz CT molecular complexity index is 1530. The van der Waals surface area contributed by atoms with Gasteiger partial charge in [-0.15, -0.1) is 0 Å². The van der Waals surface area contributed by atoms with Crippen molar-refractivity contribution in [3.8, 4) is 23.0 Å². The van der Waals surface area contributed by atoms with E-state index in [1.165, 1.54) is 50.7 Å². The van der Waals surface area contributed by atoms with Gasteiger partial charge in [0.15, 0.2) is 55.8 Å².